The van der Waals surface area contributed by atoms with Gasteiger partial charge >= 0.3 is 49.4 Å². The molecule has 0 saturated carbocycles. The number of Topliss-reactive ketones (excluding diaryl/α,β-unsaturated/α-hetero) is 1. The second kappa shape index (κ2) is 21.9. The Morgan fingerprint density at radius 1 is 0.373 bits per heavy atom. The Hall–Kier alpha value is -5.50. The maximum absolute atomic E-state index is 14.2. The van der Waals surface area contributed by atoms with Crippen molar-refractivity contribution in [2.45, 2.75) is 100 Å². The second-order valence-corrected chi connectivity index (χ2v) is 19.9. The number of halogens is 24. The summed E-state index contributed by atoms with van der Waals surface area (Å²) in [6, 6.07) is 0.888. The molecule has 75 heavy (non-hydrogen) atoms. The molecule has 0 aliphatic heterocycles. The number of hydrogen-bond donors (Lipinski definition) is 0. The highest BCUT2D eigenvalue weighted by Crippen LogP contribution is 2.41. The van der Waals surface area contributed by atoms with Crippen LogP contribution in [-0.2, 0) is 60.3 Å². The van der Waals surface area contributed by atoms with Gasteiger partial charge in [0.1, 0.15) is 16.6 Å². The fraction of sp³-hybridized carbons (Fsp3) is 0.354. The Kier molecular flexibility index (Phi) is 18.1. The molecule has 0 saturated heterocycles. The molecule has 1 nitrogen and oxygen atoms in total. The van der Waals surface area contributed by atoms with E-state index in [0.717, 1.165) is 18.4 Å². The molecule has 0 N–H and O–H groups in total. The van der Waals surface area contributed by atoms with Crippen LogP contribution >= 0.6 is 0 Å². The molecule has 5 aromatic carbocycles. The number of carbonyl (C=O) groups is 1. The SMILES string of the molecule is CCC(C)[S+](CC(=O)c1ccccc1)C(C)CC.FC(F)(F)c1cc([B-](c2cc(C(F)(F)F)cc(C(F)(F)F)c2)(c2cc(C(F)(F)F)cc(C(F)(F)F)c2)c2cc(C(F)(F)F)cc(C(F)(F)F)c2)cc(C(F)(F)F)c1. The molecule has 0 spiro atoms. The van der Waals surface area contributed by atoms with Gasteiger partial charge in [0.25, 0.3) is 0 Å². The van der Waals surface area contributed by atoms with Crippen LogP contribution in [0.25, 0.3) is 0 Å². The molecule has 27 heteroatoms. The van der Waals surface area contributed by atoms with E-state index in [-0.39, 0.29) is 10.9 Å². The molecule has 0 radical (unpaired) electrons. The minimum Gasteiger partial charge on any atom is -0.289 e. The zero-order valence-corrected chi connectivity index (χ0v) is 39.4. The number of alkyl halides is 24. The summed E-state index contributed by atoms with van der Waals surface area (Å²) in [4.78, 5) is 12.3. The number of benzene rings is 5. The average molecular weight is 1130 g/mol. The lowest BCUT2D eigenvalue weighted by molar-refractivity contribution is -0.144. The topological polar surface area (TPSA) is 17.1 Å². The van der Waals surface area contributed by atoms with Crippen molar-refractivity contribution < 1.29 is 110 Å². The summed E-state index contributed by atoms with van der Waals surface area (Å²) in [7, 11) is 0.206. The fourth-order valence-corrected chi connectivity index (χ4v) is 10.7. The summed E-state index contributed by atoms with van der Waals surface area (Å²) < 4.78 is 341. The summed E-state index contributed by atoms with van der Waals surface area (Å²) >= 11 is 0. The van der Waals surface area contributed by atoms with Crippen molar-refractivity contribution in [2.75, 3.05) is 5.75 Å². The molecule has 0 bridgehead atoms. The molecule has 0 aromatic heterocycles. The first-order chi connectivity index (χ1) is 33.9. The van der Waals surface area contributed by atoms with Crippen LogP contribution in [0.3, 0.4) is 0 Å². The van der Waals surface area contributed by atoms with E-state index in [1.54, 1.807) is 0 Å². The molecule has 0 fully saturated rings. The van der Waals surface area contributed by atoms with E-state index in [1.807, 2.05) is 30.3 Å². The standard InChI is InChI=1S/C32H12BF24.C16H25OS/c34-25(35,36)13-1-14(26(37,38)39)6-21(5-13)33(22-7-15(27(40,41)42)2-16(8-22)28(43,44)45,23-9-17(29(46,47)48)3-18(10-23)30(49,50)51)24-11-19(31(52,53)54)4-20(12-24)32(55,56)57;1-5-13(3)18(14(4)6-2)12-16(17)15-10-8-7-9-11-15/h1-12H;7-11,13-14H,5-6,12H2,1-4H3/q-1;+1. The van der Waals surface area contributed by atoms with Gasteiger partial charge in [-0.3, -0.25) is 4.79 Å². The molecular weight excluding hydrogens is 1090 g/mol. The first-order valence-corrected chi connectivity index (χ1v) is 23.0. The highest BCUT2D eigenvalue weighted by Gasteiger charge is 2.47. The van der Waals surface area contributed by atoms with E-state index in [9.17, 15) is 110 Å². The summed E-state index contributed by atoms with van der Waals surface area (Å²) in [5, 5.41) is 1.29. The fourth-order valence-electron chi connectivity index (χ4n) is 8.04. The van der Waals surface area contributed by atoms with Crippen molar-refractivity contribution in [2.24, 2.45) is 0 Å². The van der Waals surface area contributed by atoms with Gasteiger partial charge in [0.05, 0.1) is 44.5 Å². The monoisotopic (exact) mass is 1130 g/mol. The molecule has 5 aromatic rings. The molecule has 2 unspecified atom stereocenters. The van der Waals surface area contributed by atoms with E-state index in [2.05, 4.69) is 27.7 Å². The van der Waals surface area contributed by atoms with Gasteiger partial charge in [0.2, 0.25) is 5.78 Å². The van der Waals surface area contributed by atoms with E-state index < -0.39 is 195 Å². The normalized spacial score (nSPS) is 14.7. The molecule has 0 amide bonds. The van der Waals surface area contributed by atoms with Crippen LogP contribution in [0.15, 0.2) is 103 Å². The third kappa shape index (κ3) is 14.9. The quantitative estimate of drug-likeness (QED) is 0.0558. The summed E-state index contributed by atoms with van der Waals surface area (Å²) in [6.45, 7) is 9.02. The van der Waals surface area contributed by atoms with E-state index >= 15 is 0 Å². The number of hydrogen-bond acceptors (Lipinski definition) is 1. The van der Waals surface area contributed by atoms with Crippen LogP contribution < -0.4 is 21.9 Å². The highest BCUT2D eigenvalue weighted by atomic mass is 32.2. The maximum atomic E-state index is 14.2. The molecule has 0 heterocycles. The van der Waals surface area contributed by atoms with Crippen LogP contribution in [0.2, 0.25) is 0 Å². The van der Waals surface area contributed by atoms with Gasteiger partial charge < -0.3 is 0 Å². The minimum atomic E-state index is -6.13. The van der Waals surface area contributed by atoms with Crippen LogP contribution in [0.1, 0.15) is 95.4 Å². The lowest BCUT2D eigenvalue weighted by atomic mass is 9.12. The van der Waals surface area contributed by atoms with E-state index in [0.29, 0.717) is 22.0 Å². The first-order valence-electron chi connectivity index (χ1n) is 21.5. The zero-order chi connectivity index (χ0) is 57.5. The Balaban J connectivity index is 0.000000569. The molecule has 412 valence electrons. The minimum absolute atomic E-state index is 0.206. The number of carbonyl (C=O) groups excluding carboxylic acids is 1. The van der Waals surface area contributed by atoms with Crippen molar-refractivity contribution in [1.82, 2.24) is 0 Å². The maximum Gasteiger partial charge on any atom is 0.416 e. The third-order valence-corrected chi connectivity index (χ3v) is 15.3. The summed E-state index contributed by atoms with van der Waals surface area (Å²) in [5.41, 5.74) is -29.3. The van der Waals surface area contributed by atoms with Crippen LogP contribution in [0.4, 0.5) is 105 Å². The van der Waals surface area contributed by atoms with E-state index in [4.69, 9.17) is 0 Å². The summed E-state index contributed by atoms with van der Waals surface area (Å²) in [5.74, 6) is 1.02. The molecule has 2 atom stereocenters. The second-order valence-electron chi connectivity index (χ2n) is 17.1. The van der Waals surface area contributed by atoms with Crippen molar-refractivity contribution in [1.29, 1.82) is 0 Å². The smallest absolute Gasteiger partial charge is 0.289 e. The molecular formula is C48H37BF24OS. The van der Waals surface area contributed by atoms with Gasteiger partial charge in [-0.2, -0.15) is 127 Å². The van der Waals surface area contributed by atoms with Crippen LogP contribution in [0, 0.1) is 0 Å². The van der Waals surface area contributed by atoms with Crippen LogP contribution in [0.5, 0.6) is 0 Å². The predicted octanol–water partition coefficient (Wildman–Crippen LogP) is 15.3. The highest BCUT2D eigenvalue weighted by molar-refractivity contribution is 7.98. The van der Waals surface area contributed by atoms with Gasteiger partial charge in [0.15, 0.2) is 5.75 Å². The Morgan fingerprint density at radius 2 is 0.573 bits per heavy atom. The lowest BCUT2D eigenvalue weighted by Crippen LogP contribution is -2.75. The van der Waals surface area contributed by atoms with Gasteiger partial charge in [-0.25, -0.2) is 0 Å². The average Bonchev–Trinajstić information content (AvgIpc) is 3.28. The molecule has 0 aliphatic carbocycles. The largest absolute Gasteiger partial charge is 0.416 e. The van der Waals surface area contributed by atoms with Gasteiger partial charge in [0, 0.05) is 16.5 Å². The van der Waals surface area contributed by atoms with Crippen LogP contribution in [-0.4, -0.2) is 28.2 Å². The third-order valence-electron chi connectivity index (χ3n) is 12.0. The Morgan fingerprint density at radius 3 is 0.747 bits per heavy atom. The Bertz CT molecular complexity index is 2330. The van der Waals surface area contributed by atoms with Crippen molar-refractivity contribution in [3.63, 3.8) is 0 Å². The Labute approximate surface area is 413 Å². The zero-order valence-electron chi connectivity index (χ0n) is 38.6. The van der Waals surface area contributed by atoms with Gasteiger partial charge in [-0.1, -0.05) is 92.7 Å². The van der Waals surface area contributed by atoms with Gasteiger partial charge in [-0.05, 0) is 51.0 Å². The van der Waals surface area contributed by atoms with Crippen molar-refractivity contribution in [3.8, 4) is 0 Å². The molecule has 0 aliphatic rings. The number of ketones is 1. The van der Waals surface area contributed by atoms with Crippen molar-refractivity contribution in [3.05, 3.63) is 153 Å². The first kappa shape index (κ1) is 62.0. The van der Waals surface area contributed by atoms with E-state index in [1.165, 1.54) is 0 Å². The summed E-state index contributed by atoms with van der Waals surface area (Å²) in [6.07, 6.45) is -52.5. The van der Waals surface area contributed by atoms with Crippen molar-refractivity contribution >= 4 is 44.7 Å². The number of rotatable bonds is 11. The molecule has 5 rings (SSSR count). The van der Waals surface area contributed by atoms with Gasteiger partial charge in [-0.15, -0.1) is 0 Å². The lowest BCUT2D eigenvalue weighted by Gasteiger charge is -2.46. The predicted molar refractivity (Wildman–Crippen MR) is 233 cm³/mol.